The zero-order chi connectivity index (χ0) is 19.8. The van der Waals surface area contributed by atoms with E-state index in [2.05, 4.69) is 5.32 Å². The van der Waals surface area contributed by atoms with Crippen molar-refractivity contribution in [2.75, 3.05) is 6.54 Å². The summed E-state index contributed by atoms with van der Waals surface area (Å²) in [4.78, 5) is 26.8. The lowest BCUT2D eigenvalue weighted by Gasteiger charge is -2.29. The molecule has 0 fully saturated rings. The van der Waals surface area contributed by atoms with Crippen LogP contribution in [0.15, 0.2) is 48.5 Å². The quantitative estimate of drug-likeness (QED) is 0.741. The Kier molecular flexibility index (Phi) is 7.80. The zero-order valence-electron chi connectivity index (χ0n) is 15.5. The Hall–Kier alpha value is -2.40. The average molecular weight is 391 g/mol. The van der Waals surface area contributed by atoms with Crippen LogP contribution in [0.4, 0.5) is 4.39 Å². The fraction of sp³-hybridized carbons (Fsp3) is 0.333. The molecule has 2 aromatic rings. The second-order valence-corrected chi connectivity index (χ2v) is 6.76. The van der Waals surface area contributed by atoms with Crippen molar-refractivity contribution in [3.63, 3.8) is 0 Å². The number of nitrogens with one attached hydrogen (secondary N) is 1. The predicted octanol–water partition coefficient (Wildman–Crippen LogP) is 3.97. The fourth-order valence-corrected chi connectivity index (χ4v) is 2.90. The van der Waals surface area contributed by atoms with E-state index < -0.39 is 11.9 Å². The first-order valence-electron chi connectivity index (χ1n) is 8.98. The standard InChI is InChI=1S/C21H24ClFN2O2/c1-3-12-24-21(27)15(2)25(14-17-9-5-7-11-19(17)23)20(26)13-16-8-4-6-10-18(16)22/h4-11,15H,3,12-14H2,1-2H3,(H,24,27)/t15-/m0/s1. The maximum atomic E-state index is 14.1. The van der Waals surface area contributed by atoms with Gasteiger partial charge in [0.15, 0.2) is 0 Å². The third kappa shape index (κ3) is 5.79. The second kappa shape index (κ2) is 10.1. The molecule has 0 aliphatic rings. The fourth-order valence-electron chi connectivity index (χ4n) is 2.69. The van der Waals surface area contributed by atoms with Crippen LogP contribution < -0.4 is 5.32 Å². The summed E-state index contributed by atoms with van der Waals surface area (Å²) in [6.45, 7) is 4.13. The van der Waals surface area contributed by atoms with Crippen LogP contribution in [0.3, 0.4) is 0 Å². The molecule has 0 aliphatic heterocycles. The van der Waals surface area contributed by atoms with Crippen LogP contribution in [0.25, 0.3) is 0 Å². The first-order valence-corrected chi connectivity index (χ1v) is 9.35. The Morgan fingerprint density at radius 3 is 2.37 bits per heavy atom. The highest BCUT2D eigenvalue weighted by Gasteiger charge is 2.27. The third-order valence-electron chi connectivity index (χ3n) is 4.31. The van der Waals surface area contributed by atoms with Crippen LogP contribution in [0, 0.1) is 5.82 Å². The monoisotopic (exact) mass is 390 g/mol. The number of halogens is 2. The summed E-state index contributed by atoms with van der Waals surface area (Å²) >= 11 is 6.16. The van der Waals surface area contributed by atoms with Gasteiger partial charge in [0.25, 0.3) is 0 Å². The Morgan fingerprint density at radius 2 is 1.74 bits per heavy atom. The molecule has 0 saturated heterocycles. The molecular weight excluding hydrogens is 367 g/mol. The number of nitrogens with zero attached hydrogens (tertiary/aromatic N) is 1. The van der Waals surface area contributed by atoms with Crippen molar-refractivity contribution in [3.8, 4) is 0 Å². The Bertz CT molecular complexity index is 797. The maximum absolute atomic E-state index is 14.1. The van der Waals surface area contributed by atoms with Gasteiger partial charge in [-0.2, -0.15) is 0 Å². The van der Waals surface area contributed by atoms with Gasteiger partial charge in [-0.3, -0.25) is 9.59 Å². The van der Waals surface area contributed by atoms with E-state index in [9.17, 15) is 14.0 Å². The van der Waals surface area contributed by atoms with Crippen LogP contribution >= 0.6 is 11.6 Å². The molecule has 0 unspecified atom stereocenters. The lowest BCUT2D eigenvalue weighted by atomic mass is 10.1. The highest BCUT2D eigenvalue weighted by atomic mass is 35.5. The molecule has 0 bridgehead atoms. The minimum Gasteiger partial charge on any atom is -0.354 e. The largest absolute Gasteiger partial charge is 0.354 e. The normalized spacial score (nSPS) is 11.7. The number of carbonyl (C=O) groups excluding carboxylic acids is 2. The average Bonchev–Trinajstić information content (AvgIpc) is 2.66. The summed E-state index contributed by atoms with van der Waals surface area (Å²) in [6, 6.07) is 12.6. The van der Waals surface area contributed by atoms with Crippen LogP contribution in [0.1, 0.15) is 31.4 Å². The summed E-state index contributed by atoms with van der Waals surface area (Å²) in [5.74, 6) is -0.958. The Balaban J connectivity index is 2.25. The van der Waals surface area contributed by atoms with E-state index in [0.717, 1.165) is 6.42 Å². The van der Waals surface area contributed by atoms with Crippen LogP contribution in [-0.4, -0.2) is 29.3 Å². The third-order valence-corrected chi connectivity index (χ3v) is 4.68. The molecule has 0 aromatic heterocycles. The van der Waals surface area contributed by atoms with Crippen molar-refractivity contribution in [1.82, 2.24) is 10.2 Å². The van der Waals surface area contributed by atoms with Gasteiger partial charge < -0.3 is 10.2 Å². The molecule has 2 aromatic carbocycles. The first-order chi connectivity index (χ1) is 12.9. The van der Waals surface area contributed by atoms with Crippen LogP contribution in [0.2, 0.25) is 5.02 Å². The summed E-state index contributed by atoms with van der Waals surface area (Å²) in [7, 11) is 0. The van der Waals surface area contributed by atoms with Gasteiger partial charge in [-0.25, -0.2) is 4.39 Å². The molecule has 0 saturated carbocycles. The van der Waals surface area contributed by atoms with Gasteiger partial charge in [0.1, 0.15) is 11.9 Å². The van der Waals surface area contributed by atoms with Crippen molar-refractivity contribution in [3.05, 3.63) is 70.5 Å². The minimum atomic E-state index is -0.730. The number of benzene rings is 2. The highest BCUT2D eigenvalue weighted by Crippen LogP contribution is 2.19. The van der Waals surface area contributed by atoms with E-state index in [1.165, 1.54) is 11.0 Å². The molecule has 144 valence electrons. The summed E-state index contributed by atoms with van der Waals surface area (Å²) < 4.78 is 14.1. The van der Waals surface area contributed by atoms with Gasteiger partial charge in [0.2, 0.25) is 11.8 Å². The van der Waals surface area contributed by atoms with Gasteiger partial charge >= 0.3 is 0 Å². The van der Waals surface area contributed by atoms with E-state index in [4.69, 9.17) is 11.6 Å². The van der Waals surface area contributed by atoms with E-state index >= 15 is 0 Å². The van der Waals surface area contributed by atoms with Gasteiger partial charge in [0.05, 0.1) is 6.42 Å². The maximum Gasteiger partial charge on any atom is 0.242 e. The molecule has 1 N–H and O–H groups in total. The van der Waals surface area contributed by atoms with Crippen LogP contribution in [0.5, 0.6) is 0 Å². The van der Waals surface area contributed by atoms with E-state index in [0.29, 0.717) is 22.7 Å². The summed E-state index contributed by atoms with van der Waals surface area (Å²) in [5, 5.41) is 3.28. The molecule has 0 spiro atoms. The second-order valence-electron chi connectivity index (χ2n) is 6.35. The SMILES string of the molecule is CCCNC(=O)[C@H](C)N(Cc1ccccc1F)C(=O)Cc1ccccc1Cl. The Labute approximate surface area is 164 Å². The zero-order valence-corrected chi connectivity index (χ0v) is 16.3. The van der Waals surface area contributed by atoms with Gasteiger partial charge in [0, 0.05) is 23.7 Å². The van der Waals surface area contributed by atoms with E-state index in [1.807, 2.05) is 6.92 Å². The van der Waals surface area contributed by atoms with Gasteiger partial charge in [-0.05, 0) is 31.0 Å². The van der Waals surface area contributed by atoms with Crippen molar-refractivity contribution < 1.29 is 14.0 Å². The van der Waals surface area contributed by atoms with E-state index in [1.54, 1.807) is 49.4 Å². The van der Waals surface area contributed by atoms with Crippen molar-refractivity contribution in [2.24, 2.45) is 0 Å². The molecule has 4 nitrogen and oxygen atoms in total. The molecule has 1 atom stereocenters. The number of carbonyl (C=O) groups is 2. The molecule has 6 heteroatoms. The molecule has 2 amide bonds. The van der Waals surface area contributed by atoms with E-state index in [-0.39, 0.29) is 24.8 Å². The molecule has 0 radical (unpaired) electrons. The summed E-state index contributed by atoms with van der Waals surface area (Å²) in [5.41, 5.74) is 1.03. The van der Waals surface area contributed by atoms with Crippen LogP contribution in [-0.2, 0) is 22.6 Å². The molecule has 0 aliphatic carbocycles. The number of hydrogen-bond acceptors (Lipinski definition) is 2. The topological polar surface area (TPSA) is 49.4 Å². The molecule has 0 heterocycles. The molecule has 2 rings (SSSR count). The van der Waals surface area contributed by atoms with Crippen molar-refractivity contribution >= 4 is 23.4 Å². The highest BCUT2D eigenvalue weighted by molar-refractivity contribution is 6.31. The number of rotatable bonds is 8. The first kappa shape index (κ1) is 20.9. The van der Waals surface area contributed by atoms with Crippen molar-refractivity contribution in [2.45, 2.75) is 39.3 Å². The number of amides is 2. The van der Waals surface area contributed by atoms with Gasteiger partial charge in [-0.15, -0.1) is 0 Å². The number of hydrogen-bond donors (Lipinski definition) is 1. The predicted molar refractivity (Wildman–Crippen MR) is 105 cm³/mol. The smallest absolute Gasteiger partial charge is 0.242 e. The lowest BCUT2D eigenvalue weighted by molar-refractivity contribution is -0.140. The molecule has 27 heavy (non-hydrogen) atoms. The minimum absolute atomic E-state index is 0.0106. The Morgan fingerprint density at radius 1 is 1.11 bits per heavy atom. The lowest BCUT2D eigenvalue weighted by Crippen LogP contribution is -2.48. The van der Waals surface area contributed by atoms with Crippen molar-refractivity contribution in [1.29, 1.82) is 0 Å². The summed E-state index contributed by atoms with van der Waals surface area (Å²) in [6.07, 6.45) is 0.832. The molecular formula is C21H24ClFN2O2. The van der Waals surface area contributed by atoms with Gasteiger partial charge in [-0.1, -0.05) is 54.9 Å².